The van der Waals surface area contributed by atoms with Crippen molar-refractivity contribution < 1.29 is 10.2 Å². The van der Waals surface area contributed by atoms with E-state index in [9.17, 15) is 5.11 Å². The summed E-state index contributed by atoms with van der Waals surface area (Å²) < 4.78 is 0. The van der Waals surface area contributed by atoms with E-state index in [1.54, 1.807) is 11.9 Å². The second-order valence-electron chi connectivity index (χ2n) is 2.47. The van der Waals surface area contributed by atoms with E-state index in [4.69, 9.17) is 5.11 Å². The number of aliphatic hydroxyl groups excluding tert-OH is 2. The van der Waals surface area contributed by atoms with Crippen molar-refractivity contribution in [3.63, 3.8) is 0 Å². The molecular weight excluding hydrogens is 130 g/mol. The van der Waals surface area contributed by atoms with Crippen molar-refractivity contribution in [3.05, 3.63) is 0 Å². The number of hydrogen-bond acceptors (Lipinski definition) is 3. The lowest BCUT2D eigenvalue weighted by Crippen LogP contribution is -2.33. The summed E-state index contributed by atoms with van der Waals surface area (Å²) in [4.78, 5) is 1.74. The Morgan fingerprint density at radius 1 is 1.50 bits per heavy atom. The van der Waals surface area contributed by atoms with E-state index in [1.807, 2.05) is 6.92 Å². The van der Waals surface area contributed by atoms with E-state index in [0.29, 0.717) is 6.54 Å². The molecule has 0 heterocycles. The fourth-order valence-electron chi connectivity index (χ4n) is 0.785. The van der Waals surface area contributed by atoms with Crippen molar-refractivity contribution in [1.29, 1.82) is 0 Å². The average Bonchev–Trinajstić information content (AvgIpc) is 1.89. The summed E-state index contributed by atoms with van der Waals surface area (Å²) in [5.41, 5.74) is 0. The van der Waals surface area contributed by atoms with Crippen LogP contribution in [0.25, 0.3) is 0 Å². The minimum atomic E-state index is -0.392. The van der Waals surface area contributed by atoms with Crippen molar-refractivity contribution in [3.8, 4) is 0 Å². The average molecular weight is 147 g/mol. The quantitative estimate of drug-likeness (QED) is 0.539. The van der Waals surface area contributed by atoms with Gasteiger partial charge in [0.25, 0.3) is 0 Å². The highest BCUT2D eigenvalue weighted by Gasteiger charge is 2.07. The Kier molecular flexibility index (Phi) is 5.58. The van der Waals surface area contributed by atoms with Gasteiger partial charge < -0.3 is 10.2 Å². The van der Waals surface area contributed by atoms with E-state index in [-0.39, 0.29) is 6.61 Å². The van der Waals surface area contributed by atoms with Crippen LogP contribution in [0.2, 0.25) is 0 Å². The summed E-state index contributed by atoms with van der Waals surface area (Å²) in [5, 5.41) is 17.8. The third kappa shape index (κ3) is 3.82. The third-order valence-electron chi connectivity index (χ3n) is 1.51. The molecule has 10 heavy (non-hydrogen) atoms. The standard InChI is InChI=1S/C7H17NO2/c1-3-4-7(10)8(2)5-6-9/h7,9-10H,3-6H2,1-2H3. The third-order valence-corrected chi connectivity index (χ3v) is 1.51. The van der Waals surface area contributed by atoms with Gasteiger partial charge in [-0.2, -0.15) is 0 Å². The summed E-state index contributed by atoms with van der Waals surface area (Å²) in [6.45, 7) is 2.68. The molecule has 3 heteroatoms. The highest BCUT2D eigenvalue weighted by atomic mass is 16.3. The fourth-order valence-corrected chi connectivity index (χ4v) is 0.785. The van der Waals surface area contributed by atoms with Crippen LogP contribution >= 0.6 is 0 Å². The molecule has 1 atom stereocenters. The predicted molar refractivity (Wildman–Crippen MR) is 40.6 cm³/mol. The first-order valence-electron chi connectivity index (χ1n) is 3.71. The van der Waals surface area contributed by atoms with Gasteiger partial charge >= 0.3 is 0 Å². The van der Waals surface area contributed by atoms with E-state index in [1.165, 1.54) is 0 Å². The molecule has 0 aromatic heterocycles. The Morgan fingerprint density at radius 3 is 2.50 bits per heavy atom. The van der Waals surface area contributed by atoms with Gasteiger partial charge in [0.05, 0.1) is 6.61 Å². The zero-order chi connectivity index (χ0) is 7.98. The fraction of sp³-hybridized carbons (Fsp3) is 1.00. The Balaban J connectivity index is 3.38. The van der Waals surface area contributed by atoms with E-state index >= 15 is 0 Å². The SMILES string of the molecule is CCCC(O)N(C)CCO. The van der Waals surface area contributed by atoms with Crippen LogP contribution in [0.4, 0.5) is 0 Å². The Hall–Kier alpha value is -0.120. The second-order valence-corrected chi connectivity index (χ2v) is 2.47. The highest BCUT2D eigenvalue weighted by Crippen LogP contribution is 1.99. The number of rotatable bonds is 5. The zero-order valence-corrected chi connectivity index (χ0v) is 6.75. The van der Waals surface area contributed by atoms with Crippen molar-refractivity contribution in [2.24, 2.45) is 0 Å². The molecule has 0 fully saturated rings. The van der Waals surface area contributed by atoms with Crippen molar-refractivity contribution in [2.45, 2.75) is 26.0 Å². The maximum absolute atomic E-state index is 9.26. The van der Waals surface area contributed by atoms with Gasteiger partial charge in [-0.1, -0.05) is 13.3 Å². The summed E-state index contributed by atoms with van der Waals surface area (Å²) in [6, 6.07) is 0. The van der Waals surface area contributed by atoms with Gasteiger partial charge in [-0.25, -0.2) is 0 Å². The molecule has 2 N–H and O–H groups in total. The largest absolute Gasteiger partial charge is 0.395 e. The first-order chi connectivity index (χ1) is 4.72. The number of hydrogen-bond donors (Lipinski definition) is 2. The normalized spacial score (nSPS) is 14.1. The molecule has 0 spiro atoms. The summed E-state index contributed by atoms with van der Waals surface area (Å²) in [6.07, 6.45) is 1.35. The van der Waals surface area contributed by atoms with E-state index in [2.05, 4.69) is 0 Å². The molecule has 0 saturated heterocycles. The summed E-state index contributed by atoms with van der Waals surface area (Å²) >= 11 is 0. The molecule has 0 amide bonds. The molecule has 0 rings (SSSR count). The lowest BCUT2D eigenvalue weighted by Gasteiger charge is -2.21. The second kappa shape index (κ2) is 5.65. The summed E-state index contributed by atoms with van der Waals surface area (Å²) in [5.74, 6) is 0. The van der Waals surface area contributed by atoms with Crippen LogP contribution < -0.4 is 0 Å². The maximum Gasteiger partial charge on any atom is 0.107 e. The Bertz CT molecular complexity index is 68.0. The van der Waals surface area contributed by atoms with Crippen LogP contribution in [0.15, 0.2) is 0 Å². The monoisotopic (exact) mass is 147 g/mol. The first-order valence-corrected chi connectivity index (χ1v) is 3.71. The highest BCUT2D eigenvalue weighted by molar-refractivity contribution is 4.54. The molecule has 0 aromatic rings. The van der Waals surface area contributed by atoms with Gasteiger partial charge in [0.2, 0.25) is 0 Å². The molecular formula is C7H17NO2. The number of aliphatic hydroxyl groups is 2. The van der Waals surface area contributed by atoms with Gasteiger partial charge in [0.15, 0.2) is 0 Å². The van der Waals surface area contributed by atoms with Crippen molar-refractivity contribution >= 4 is 0 Å². The predicted octanol–water partition coefficient (Wildman–Crippen LogP) is 0.0290. The molecule has 1 unspecified atom stereocenters. The van der Waals surface area contributed by atoms with Gasteiger partial charge in [0.1, 0.15) is 6.23 Å². The van der Waals surface area contributed by atoms with Crippen LogP contribution in [0.3, 0.4) is 0 Å². The van der Waals surface area contributed by atoms with Crippen LogP contribution in [-0.4, -0.2) is 41.5 Å². The maximum atomic E-state index is 9.26. The topological polar surface area (TPSA) is 43.7 Å². The molecule has 0 aliphatic rings. The molecule has 0 saturated carbocycles. The van der Waals surface area contributed by atoms with Crippen LogP contribution in [0.1, 0.15) is 19.8 Å². The van der Waals surface area contributed by atoms with Gasteiger partial charge in [-0.3, -0.25) is 4.90 Å². The van der Waals surface area contributed by atoms with Crippen molar-refractivity contribution in [1.82, 2.24) is 4.90 Å². The zero-order valence-electron chi connectivity index (χ0n) is 6.75. The lowest BCUT2D eigenvalue weighted by atomic mass is 10.3. The lowest BCUT2D eigenvalue weighted by molar-refractivity contribution is 0.00640. The molecule has 0 aliphatic heterocycles. The molecule has 0 bridgehead atoms. The van der Waals surface area contributed by atoms with Crippen LogP contribution in [0, 0.1) is 0 Å². The molecule has 3 nitrogen and oxygen atoms in total. The number of likely N-dealkylation sites (N-methyl/N-ethyl adjacent to an activating group) is 1. The van der Waals surface area contributed by atoms with Crippen LogP contribution in [0.5, 0.6) is 0 Å². The Labute approximate surface area is 62.3 Å². The minimum absolute atomic E-state index is 0.108. The number of nitrogens with zero attached hydrogens (tertiary/aromatic N) is 1. The molecule has 0 aliphatic carbocycles. The molecule has 0 aromatic carbocycles. The Morgan fingerprint density at radius 2 is 2.10 bits per heavy atom. The van der Waals surface area contributed by atoms with Gasteiger partial charge in [-0.15, -0.1) is 0 Å². The molecule has 0 radical (unpaired) electrons. The minimum Gasteiger partial charge on any atom is -0.395 e. The first kappa shape index (κ1) is 9.88. The van der Waals surface area contributed by atoms with Gasteiger partial charge in [0, 0.05) is 6.54 Å². The van der Waals surface area contributed by atoms with Gasteiger partial charge in [-0.05, 0) is 13.5 Å². The molecule has 62 valence electrons. The van der Waals surface area contributed by atoms with E-state index < -0.39 is 6.23 Å². The summed E-state index contributed by atoms with van der Waals surface area (Å²) in [7, 11) is 1.80. The smallest absolute Gasteiger partial charge is 0.107 e. The van der Waals surface area contributed by atoms with Crippen LogP contribution in [-0.2, 0) is 0 Å². The van der Waals surface area contributed by atoms with Crippen molar-refractivity contribution in [2.75, 3.05) is 20.2 Å². The van der Waals surface area contributed by atoms with E-state index in [0.717, 1.165) is 12.8 Å².